The van der Waals surface area contributed by atoms with Gasteiger partial charge < -0.3 is 30.7 Å². The van der Waals surface area contributed by atoms with Crippen LogP contribution in [0, 0.1) is 6.92 Å². The first-order valence-corrected chi connectivity index (χ1v) is 15.0. The fraction of sp³-hybridized carbons (Fsp3) is 0.375. The number of benzene rings is 2. The summed E-state index contributed by atoms with van der Waals surface area (Å²) in [4.78, 5) is 30.8. The van der Waals surface area contributed by atoms with Crippen LogP contribution < -0.4 is 21.1 Å². The van der Waals surface area contributed by atoms with Crippen molar-refractivity contribution in [3.8, 4) is 5.75 Å². The summed E-state index contributed by atoms with van der Waals surface area (Å²) >= 11 is 0. The number of hydrogen-bond acceptors (Lipinski definition) is 10. The van der Waals surface area contributed by atoms with Crippen molar-refractivity contribution in [2.45, 2.75) is 25.9 Å². The molecule has 0 radical (unpaired) electrons. The highest BCUT2D eigenvalue weighted by Gasteiger charge is 2.32. The Morgan fingerprint density at radius 1 is 1.13 bits per heavy atom. The van der Waals surface area contributed by atoms with E-state index in [0.717, 1.165) is 43.6 Å². The normalized spacial score (nSPS) is 19.2. The molecule has 11 nitrogen and oxygen atoms in total. The summed E-state index contributed by atoms with van der Waals surface area (Å²) in [6.45, 7) is 10.6. The van der Waals surface area contributed by atoms with Gasteiger partial charge in [-0.15, -0.1) is 0 Å². The van der Waals surface area contributed by atoms with Crippen LogP contribution in [0.2, 0.25) is 0 Å². The van der Waals surface area contributed by atoms with Gasteiger partial charge in [-0.05, 0) is 62.7 Å². The summed E-state index contributed by atoms with van der Waals surface area (Å²) in [7, 11) is 0. The molecule has 3 heterocycles. The van der Waals surface area contributed by atoms with E-state index < -0.39 is 17.6 Å². The van der Waals surface area contributed by atoms with Gasteiger partial charge in [-0.2, -0.15) is 13.2 Å². The summed E-state index contributed by atoms with van der Waals surface area (Å²) in [6, 6.07) is 8.06. The maximum Gasteiger partial charge on any atom is 0.416 e. The van der Waals surface area contributed by atoms with Gasteiger partial charge >= 0.3 is 6.18 Å². The number of halogens is 3. The van der Waals surface area contributed by atoms with E-state index in [1.54, 1.807) is 24.4 Å². The predicted octanol–water partition coefficient (Wildman–Crippen LogP) is 4.64. The van der Waals surface area contributed by atoms with Crippen LogP contribution in [0.3, 0.4) is 0 Å². The SMILES string of the molecule is C=C/N=C1/C=NC(N2CCOCC2)=N/C1=C(/N)Nc1cc(C(=O)Nc2cc(OCCN3CCCC3)cc(C(F)(F)F)c2)ccc1C. The number of amides is 1. The van der Waals surface area contributed by atoms with Gasteiger partial charge in [-0.1, -0.05) is 12.6 Å². The van der Waals surface area contributed by atoms with Gasteiger partial charge in [0.15, 0.2) is 0 Å². The van der Waals surface area contributed by atoms with E-state index in [4.69, 9.17) is 15.2 Å². The van der Waals surface area contributed by atoms with Crippen molar-refractivity contribution in [3.05, 3.63) is 77.4 Å². The highest BCUT2D eigenvalue weighted by atomic mass is 19.4. The minimum Gasteiger partial charge on any atom is -0.492 e. The standard InChI is InChI=1S/C32H37F3N8O3/c1-3-37-27-20-38-31(43-11-13-45-14-12-43)41-28(27)29(36)40-26-16-22(7-6-21(26)2)30(44)39-24-17-23(32(33,34)35)18-25(19-24)46-15-10-42-8-4-5-9-42/h3,6-7,16-20,40H,1,4-5,8-15,36H2,2H3,(H,39,44)/b29-28-,37-27-. The van der Waals surface area contributed by atoms with Gasteiger partial charge in [0.2, 0.25) is 5.96 Å². The van der Waals surface area contributed by atoms with Crippen LogP contribution in [0.1, 0.15) is 34.3 Å². The van der Waals surface area contributed by atoms with Crippen molar-refractivity contribution in [2.24, 2.45) is 20.7 Å². The van der Waals surface area contributed by atoms with Crippen LogP contribution in [0.4, 0.5) is 24.5 Å². The maximum atomic E-state index is 13.7. The van der Waals surface area contributed by atoms with E-state index in [1.165, 1.54) is 12.3 Å². The molecule has 2 fully saturated rings. The number of carbonyl (C=O) groups excluding carboxylic acids is 1. The number of carbonyl (C=O) groups is 1. The van der Waals surface area contributed by atoms with Gasteiger partial charge in [-0.25, -0.2) is 9.98 Å². The maximum absolute atomic E-state index is 13.7. The number of aliphatic imine (C=N–C) groups is 3. The average molecular weight is 639 g/mol. The van der Waals surface area contributed by atoms with E-state index in [1.807, 2.05) is 11.8 Å². The zero-order chi connectivity index (χ0) is 32.7. The Bertz CT molecular complexity index is 1570. The molecule has 2 aromatic carbocycles. The van der Waals surface area contributed by atoms with E-state index in [9.17, 15) is 18.0 Å². The number of nitrogens with two attached hydrogens (primary N) is 1. The molecule has 2 aromatic rings. The first kappa shape index (κ1) is 32.7. The number of aryl methyl sites for hydroxylation is 1. The van der Waals surface area contributed by atoms with Crippen LogP contribution in [0.15, 0.2) is 75.7 Å². The van der Waals surface area contributed by atoms with Gasteiger partial charge in [0.05, 0.1) is 25.0 Å². The van der Waals surface area contributed by atoms with E-state index >= 15 is 0 Å². The second-order valence-electron chi connectivity index (χ2n) is 11.0. The number of anilines is 2. The van der Waals surface area contributed by atoms with Crippen molar-refractivity contribution in [3.63, 3.8) is 0 Å². The largest absolute Gasteiger partial charge is 0.492 e. The van der Waals surface area contributed by atoms with Gasteiger partial charge in [0.1, 0.15) is 29.6 Å². The summed E-state index contributed by atoms with van der Waals surface area (Å²) in [5.41, 5.74) is 7.71. The Labute approximate surface area is 265 Å². The number of guanidine groups is 1. The lowest BCUT2D eigenvalue weighted by Crippen LogP contribution is -2.41. The second-order valence-corrected chi connectivity index (χ2v) is 11.0. The molecule has 0 atom stereocenters. The molecule has 46 heavy (non-hydrogen) atoms. The third-order valence-electron chi connectivity index (χ3n) is 7.67. The molecule has 0 aliphatic carbocycles. The molecule has 0 aromatic heterocycles. The van der Waals surface area contributed by atoms with Crippen molar-refractivity contribution in [2.75, 3.05) is 63.2 Å². The van der Waals surface area contributed by atoms with Crippen LogP contribution in [0.25, 0.3) is 0 Å². The predicted molar refractivity (Wildman–Crippen MR) is 173 cm³/mol. The number of ether oxygens (including phenoxy) is 2. The molecule has 0 bridgehead atoms. The number of nitrogens with zero attached hydrogens (tertiary/aromatic N) is 5. The van der Waals surface area contributed by atoms with Crippen molar-refractivity contribution in [1.29, 1.82) is 0 Å². The fourth-order valence-corrected chi connectivity index (χ4v) is 5.20. The first-order valence-electron chi connectivity index (χ1n) is 15.0. The van der Waals surface area contributed by atoms with Crippen LogP contribution in [0.5, 0.6) is 5.75 Å². The van der Waals surface area contributed by atoms with Crippen molar-refractivity contribution in [1.82, 2.24) is 9.80 Å². The smallest absolute Gasteiger partial charge is 0.416 e. The quantitative estimate of drug-likeness (QED) is 0.365. The molecule has 5 rings (SSSR count). The minimum atomic E-state index is -4.62. The molecule has 0 spiro atoms. The van der Waals surface area contributed by atoms with Crippen molar-refractivity contribution < 1.29 is 27.4 Å². The highest BCUT2D eigenvalue weighted by molar-refractivity contribution is 6.41. The lowest BCUT2D eigenvalue weighted by molar-refractivity contribution is -0.137. The lowest BCUT2D eigenvalue weighted by atomic mass is 10.1. The average Bonchev–Trinajstić information content (AvgIpc) is 3.56. The molecule has 3 aliphatic heterocycles. The van der Waals surface area contributed by atoms with E-state index in [-0.39, 0.29) is 29.4 Å². The van der Waals surface area contributed by atoms with E-state index in [2.05, 4.69) is 37.1 Å². The third-order valence-corrected chi connectivity index (χ3v) is 7.67. The number of hydrogen-bond donors (Lipinski definition) is 3. The Morgan fingerprint density at radius 3 is 2.61 bits per heavy atom. The minimum absolute atomic E-state index is 0.0278. The zero-order valence-electron chi connectivity index (χ0n) is 25.6. The van der Waals surface area contributed by atoms with Crippen LogP contribution >= 0.6 is 0 Å². The number of likely N-dealkylation sites (tertiary alicyclic amines) is 1. The van der Waals surface area contributed by atoms with Crippen LogP contribution in [-0.4, -0.2) is 86.1 Å². The molecule has 3 aliphatic rings. The fourth-order valence-electron chi connectivity index (χ4n) is 5.20. The van der Waals surface area contributed by atoms with E-state index in [0.29, 0.717) is 55.9 Å². The molecule has 0 unspecified atom stereocenters. The lowest BCUT2D eigenvalue weighted by Gasteiger charge is -2.29. The Hall–Kier alpha value is -4.69. The number of alkyl halides is 3. The summed E-state index contributed by atoms with van der Waals surface area (Å²) in [5.74, 6) is 0.0473. The molecular weight excluding hydrogens is 601 g/mol. The molecule has 0 saturated carbocycles. The zero-order valence-corrected chi connectivity index (χ0v) is 25.6. The van der Waals surface area contributed by atoms with Gasteiger partial charge in [-0.3, -0.25) is 14.7 Å². The summed E-state index contributed by atoms with van der Waals surface area (Å²) in [6.07, 6.45) is 0.491. The molecule has 2 saturated heterocycles. The van der Waals surface area contributed by atoms with Crippen molar-refractivity contribution >= 4 is 35.2 Å². The Morgan fingerprint density at radius 2 is 1.89 bits per heavy atom. The number of nitrogens with one attached hydrogen (secondary N) is 2. The monoisotopic (exact) mass is 638 g/mol. The topological polar surface area (TPSA) is 129 Å². The number of rotatable bonds is 9. The summed E-state index contributed by atoms with van der Waals surface area (Å²) in [5, 5.41) is 5.70. The molecular formula is C32H37F3N8O3. The number of allylic oxidation sites excluding steroid dienone is 1. The Kier molecular flexibility index (Phi) is 10.4. The highest BCUT2D eigenvalue weighted by Crippen LogP contribution is 2.34. The summed E-state index contributed by atoms with van der Waals surface area (Å²) < 4.78 is 52.2. The first-order chi connectivity index (χ1) is 22.1. The molecule has 4 N–H and O–H groups in total. The molecule has 1 amide bonds. The molecule has 244 valence electrons. The number of morpholine rings is 1. The molecule has 14 heteroatoms. The second kappa shape index (κ2) is 14.6. The third kappa shape index (κ3) is 8.31. The van der Waals surface area contributed by atoms with Gasteiger partial charge in [0.25, 0.3) is 5.91 Å². The van der Waals surface area contributed by atoms with Crippen LogP contribution in [-0.2, 0) is 10.9 Å². The Balaban J connectivity index is 1.35. The van der Waals surface area contributed by atoms with Gasteiger partial charge in [0, 0.05) is 48.8 Å².